The Labute approximate surface area is 337 Å². The van der Waals surface area contributed by atoms with Gasteiger partial charge in [-0.2, -0.15) is 0 Å². The van der Waals surface area contributed by atoms with Crippen molar-refractivity contribution < 1.29 is 20.1 Å². The summed E-state index contributed by atoms with van der Waals surface area (Å²) in [7, 11) is 0. The van der Waals surface area contributed by atoms with E-state index in [9.17, 15) is 20.1 Å². The van der Waals surface area contributed by atoms with E-state index in [-0.39, 0.29) is 12.5 Å². The van der Waals surface area contributed by atoms with Crippen LogP contribution in [0.4, 0.5) is 0 Å². The highest BCUT2D eigenvalue weighted by molar-refractivity contribution is 5.76. The van der Waals surface area contributed by atoms with Gasteiger partial charge in [-0.1, -0.05) is 237 Å². The van der Waals surface area contributed by atoms with Crippen LogP contribution in [0.1, 0.15) is 258 Å². The van der Waals surface area contributed by atoms with Crippen LogP contribution in [0.3, 0.4) is 0 Å². The first-order valence-corrected chi connectivity index (χ1v) is 24.1. The first-order chi connectivity index (χ1) is 26.6. The molecule has 5 heteroatoms. The Bertz CT molecular complexity index is 799. The largest absolute Gasteiger partial charge is 0.394 e. The number of unbranched alkanes of at least 4 members (excludes halogenated alkanes) is 33. The maximum absolute atomic E-state index is 12.5. The lowest BCUT2D eigenvalue weighted by molar-refractivity contribution is -0.124. The number of aliphatic hydroxyl groups is 3. The van der Waals surface area contributed by atoms with E-state index in [4.69, 9.17) is 0 Å². The smallest absolute Gasteiger partial charge is 0.220 e. The van der Waals surface area contributed by atoms with Crippen LogP contribution < -0.4 is 5.32 Å². The van der Waals surface area contributed by atoms with Gasteiger partial charge in [-0.15, -0.1) is 0 Å². The van der Waals surface area contributed by atoms with Crippen LogP contribution >= 0.6 is 0 Å². The van der Waals surface area contributed by atoms with Gasteiger partial charge in [0.05, 0.1) is 18.8 Å². The third-order valence-corrected chi connectivity index (χ3v) is 11.3. The first kappa shape index (κ1) is 52.8. The molecule has 4 N–H and O–H groups in total. The van der Waals surface area contributed by atoms with Crippen molar-refractivity contribution in [2.75, 3.05) is 6.61 Å². The van der Waals surface area contributed by atoms with Gasteiger partial charge in [-0.05, 0) is 38.5 Å². The molecule has 0 radical (unpaired) electrons. The highest BCUT2D eigenvalue weighted by Gasteiger charge is 2.26. The van der Waals surface area contributed by atoms with Gasteiger partial charge in [0.15, 0.2) is 0 Å². The molecule has 0 aromatic heterocycles. The van der Waals surface area contributed by atoms with Crippen molar-refractivity contribution in [2.45, 2.75) is 276 Å². The molecule has 5 nitrogen and oxygen atoms in total. The quantitative estimate of drug-likeness (QED) is 0.0368. The summed E-state index contributed by atoms with van der Waals surface area (Å²) < 4.78 is 0. The van der Waals surface area contributed by atoms with Gasteiger partial charge in [0, 0.05) is 6.42 Å². The Morgan fingerprint density at radius 3 is 1.17 bits per heavy atom. The van der Waals surface area contributed by atoms with Crippen LogP contribution in [0.5, 0.6) is 0 Å². The lowest BCUT2D eigenvalue weighted by Crippen LogP contribution is -2.50. The molecule has 0 aliphatic rings. The third kappa shape index (κ3) is 39.1. The molecule has 0 bridgehead atoms. The lowest BCUT2D eigenvalue weighted by atomic mass is 9.99. The zero-order valence-electron chi connectivity index (χ0n) is 36.4. The molecule has 1 amide bonds. The fourth-order valence-electron chi connectivity index (χ4n) is 7.57. The van der Waals surface area contributed by atoms with E-state index in [2.05, 4.69) is 43.5 Å². The summed E-state index contributed by atoms with van der Waals surface area (Å²) in [6, 6.07) is -0.810. The number of carbonyl (C=O) groups excluding carboxylic acids is 1. The van der Waals surface area contributed by atoms with Crippen LogP contribution in [0.2, 0.25) is 0 Å². The maximum Gasteiger partial charge on any atom is 0.220 e. The standard InChI is InChI=1S/C49H95NO4/c1-3-5-7-9-11-13-15-17-19-21-23-24-26-27-29-31-33-35-37-39-41-43-47(52)49(54)46(45-51)50-48(53)44-42-40-38-36-34-32-30-28-25-22-20-18-16-14-12-10-8-6-4-2/h12,14,16,18,46-47,49,51-52,54H,3-11,13,15,17,19-45H2,1-2H3,(H,50,53)/b14-12-,18-16-. The summed E-state index contributed by atoms with van der Waals surface area (Å²) in [5.41, 5.74) is 0. The normalized spacial score (nSPS) is 13.6. The fourth-order valence-corrected chi connectivity index (χ4v) is 7.57. The minimum Gasteiger partial charge on any atom is -0.394 e. The number of carbonyl (C=O) groups is 1. The SMILES string of the molecule is CCCCC/C=C\C=C/CCCCCCCCCCCCC(=O)NC(CO)C(O)C(O)CCCCCCCCCCCCCCCCCCCCCCC. The molecule has 54 heavy (non-hydrogen) atoms. The van der Waals surface area contributed by atoms with E-state index < -0.39 is 18.2 Å². The molecule has 0 aromatic carbocycles. The summed E-state index contributed by atoms with van der Waals surface area (Å²) in [6.07, 6.45) is 54.3. The van der Waals surface area contributed by atoms with Gasteiger partial charge in [-0.25, -0.2) is 0 Å². The minimum atomic E-state index is -1.14. The van der Waals surface area contributed by atoms with Crippen LogP contribution in [-0.4, -0.2) is 46.1 Å². The van der Waals surface area contributed by atoms with Gasteiger partial charge >= 0.3 is 0 Å². The zero-order valence-corrected chi connectivity index (χ0v) is 36.4. The fraction of sp³-hybridized carbons (Fsp3) is 0.898. The number of hydrogen-bond donors (Lipinski definition) is 4. The average Bonchev–Trinajstić information content (AvgIpc) is 3.18. The highest BCUT2D eigenvalue weighted by atomic mass is 16.3. The van der Waals surface area contributed by atoms with Crippen molar-refractivity contribution in [3.8, 4) is 0 Å². The van der Waals surface area contributed by atoms with Crippen LogP contribution in [0.15, 0.2) is 24.3 Å². The third-order valence-electron chi connectivity index (χ3n) is 11.3. The number of allylic oxidation sites excluding steroid dienone is 4. The Kier molecular flexibility index (Phi) is 43.6. The van der Waals surface area contributed by atoms with Crippen molar-refractivity contribution in [2.24, 2.45) is 0 Å². The highest BCUT2D eigenvalue weighted by Crippen LogP contribution is 2.17. The predicted molar refractivity (Wildman–Crippen MR) is 236 cm³/mol. The van der Waals surface area contributed by atoms with Crippen molar-refractivity contribution >= 4 is 5.91 Å². The van der Waals surface area contributed by atoms with Crippen LogP contribution in [0.25, 0.3) is 0 Å². The van der Waals surface area contributed by atoms with E-state index >= 15 is 0 Å². The van der Waals surface area contributed by atoms with Gasteiger partial charge < -0.3 is 20.6 Å². The summed E-state index contributed by atoms with van der Waals surface area (Å²) >= 11 is 0. The van der Waals surface area contributed by atoms with E-state index in [1.54, 1.807) is 0 Å². The molecule has 0 saturated heterocycles. The Morgan fingerprint density at radius 2 is 0.778 bits per heavy atom. The van der Waals surface area contributed by atoms with E-state index in [1.165, 1.54) is 193 Å². The number of hydrogen-bond acceptors (Lipinski definition) is 4. The van der Waals surface area contributed by atoms with Gasteiger partial charge in [0.2, 0.25) is 5.91 Å². The van der Waals surface area contributed by atoms with Crippen molar-refractivity contribution in [1.82, 2.24) is 5.32 Å². The molecule has 0 fully saturated rings. The topological polar surface area (TPSA) is 89.8 Å². The molecule has 0 rings (SSSR count). The summed E-state index contributed by atoms with van der Waals surface area (Å²) in [4.78, 5) is 12.5. The molecule has 0 saturated carbocycles. The van der Waals surface area contributed by atoms with E-state index in [0.29, 0.717) is 12.8 Å². The predicted octanol–water partition coefficient (Wildman–Crippen LogP) is 14.2. The Morgan fingerprint density at radius 1 is 0.463 bits per heavy atom. The van der Waals surface area contributed by atoms with E-state index in [0.717, 1.165) is 38.5 Å². The minimum absolute atomic E-state index is 0.146. The van der Waals surface area contributed by atoms with Gasteiger partial charge in [-0.3, -0.25) is 4.79 Å². The Balaban J connectivity index is 3.58. The molecule has 3 unspecified atom stereocenters. The average molecular weight is 762 g/mol. The Hall–Kier alpha value is -1.17. The van der Waals surface area contributed by atoms with Crippen molar-refractivity contribution in [3.05, 3.63) is 24.3 Å². The summed E-state index contributed by atoms with van der Waals surface area (Å²) in [6.45, 7) is 4.17. The number of rotatable bonds is 44. The second-order valence-electron chi connectivity index (χ2n) is 16.7. The molecule has 0 spiro atoms. The van der Waals surface area contributed by atoms with Crippen molar-refractivity contribution in [1.29, 1.82) is 0 Å². The summed E-state index contributed by atoms with van der Waals surface area (Å²) in [5.74, 6) is -0.146. The zero-order chi connectivity index (χ0) is 39.4. The van der Waals surface area contributed by atoms with Crippen LogP contribution in [-0.2, 0) is 4.79 Å². The number of nitrogens with one attached hydrogen (secondary N) is 1. The molecule has 0 aromatic rings. The second-order valence-corrected chi connectivity index (χ2v) is 16.7. The number of amides is 1. The monoisotopic (exact) mass is 762 g/mol. The van der Waals surface area contributed by atoms with Crippen molar-refractivity contribution in [3.63, 3.8) is 0 Å². The van der Waals surface area contributed by atoms with Gasteiger partial charge in [0.25, 0.3) is 0 Å². The van der Waals surface area contributed by atoms with E-state index in [1.807, 2.05) is 0 Å². The molecular weight excluding hydrogens is 667 g/mol. The molecular formula is C49H95NO4. The molecule has 0 aliphatic carbocycles. The first-order valence-electron chi connectivity index (χ1n) is 24.1. The second kappa shape index (κ2) is 44.5. The van der Waals surface area contributed by atoms with Crippen LogP contribution in [0, 0.1) is 0 Å². The maximum atomic E-state index is 12.5. The lowest BCUT2D eigenvalue weighted by Gasteiger charge is -2.26. The molecule has 320 valence electrons. The number of aliphatic hydroxyl groups excluding tert-OH is 3. The molecule has 3 atom stereocenters. The van der Waals surface area contributed by atoms with Gasteiger partial charge in [0.1, 0.15) is 6.10 Å². The molecule has 0 aliphatic heterocycles. The summed E-state index contributed by atoms with van der Waals surface area (Å²) in [5, 5.41) is 33.7. The molecule has 0 heterocycles.